The molecule has 2 N–H and O–H groups in total. The molecule has 2 aromatic carbocycles. The van der Waals surface area contributed by atoms with E-state index in [0.29, 0.717) is 12.1 Å². The van der Waals surface area contributed by atoms with Crippen LogP contribution in [0.5, 0.6) is 0 Å². The van der Waals surface area contributed by atoms with Crippen molar-refractivity contribution in [3.05, 3.63) is 71.8 Å². The lowest BCUT2D eigenvalue weighted by atomic mass is 9.85. The molecule has 2 nitrogen and oxygen atoms in total. The Labute approximate surface area is 120 Å². The number of nitrogens with one attached hydrogen (secondary N) is 2. The van der Waals surface area contributed by atoms with Crippen molar-refractivity contribution in [2.24, 2.45) is 0 Å². The molecule has 4 rings (SSSR count). The van der Waals surface area contributed by atoms with E-state index in [2.05, 4.69) is 71.3 Å². The molecule has 2 heteroatoms. The fourth-order valence-corrected chi connectivity index (χ4v) is 3.49. The normalized spacial score (nSPS) is 27.4. The van der Waals surface area contributed by atoms with Gasteiger partial charge in [0.15, 0.2) is 0 Å². The summed E-state index contributed by atoms with van der Waals surface area (Å²) in [7, 11) is 0. The van der Waals surface area contributed by atoms with Crippen molar-refractivity contribution in [1.29, 1.82) is 0 Å². The number of hydrogen-bond donors (Lipinski definition) is 2. The lowest BCUT2D eigenvalue weighted by Gasteiger charge is -2.39. The summed E-state index contributed by atoms with van der Waals surface area (Å²) in [5.74, 6) is 0. The predicted octanol–water partition coefficient (Wildman–Crippen LogP) is 3.54. The summed E-state index contributed by atoms with van der Waals surface area (Å²) in [6.07, 6.45) is 3.79. The second-order valence-corrected chi connectivity index (χ2v) is 6.00. The van der Waals surface area contributed by atoms with Crippen LogP contribution in [0.4, 0.5) is 0 Å². The highest BCUT2D eigenvalue weighted by molar-refractivity contribution is 5.31. The fraction of sp³-hybridized carbons (Fsp3) is 0.333. The van der Waals surface area contributed by atoms with Crippen LogP contribution in [0.2, 0.25) is 0 Å². The minimum atomic E-state index is 0.168. The SMILES string of the molecule is c1ccc([C@@H]2NC3(CCC3)N[C@H]2c2ccccc2)cc1. The van der Waals surface area contributed by atoms with Gasteiger partial charge in [-0.15, -0.1) is 0 Å². The Morgan fingerprint density at radius 3 is 1.50 bits per heavy atom. The van der Waals surface area contributed by atoms with E-state index in [4.69, 9.17) is 0 Å². The van der Waals surface area contributed by atoms with E-state index in [-0.39, 0.29) is 5.66 Å². The third kappa shape index (κ3) is 1.96. The van der Waals surface area contributed by atoms with Gasteiger partial charge in [0.1, 0.15) is 0 Å². The van der Waals surface area contributed by atoms with Gasteiger partial charge in [0.25, 0.3) is 0 Å². The molecule has 0 bridgehead atoms. The van der Waals surface area contributed by atoms with Crippen LogP contribution in [0, 0.1) is 0 Å². The smallest absolute Gasteiger partial charge is 0.0698 e. The lowest BCUT2D eigenvalue weighted by molar-refractivity contribution is 0.176. The highest BCUT2D eigenvalue weighted by Crippen LogP contribution is 2.44. The van der Waals surface area contributed by atoms with Gasteiger partial charge in [-0.2, -0.15) is 0 Å². The van der Waals surface area contributed by atoms with Gasteiger partial charge in [-0.05, 0) is 30.4 Å². The minimum Gasteiger partial charge on any atom is -0.291 e. The Hall–Kier alpha value is -1.64. The summed E-state index contributed by atoms with van der Waals surface area (Å²) in [5.41, 5.74) is 2.91. The largest absolute Gasteiger partial charge is 0.291 e. The summed E-state index contributed by atoms with van der Waals surface area (Å²) >= 11 is 0. The number of rotatable bonds is 2. The molecule has 2 fully saturated rings. The van der Waals surface area contributed by atoms with Gasteiger partial charge in [-0.3, -0.25) is 10.6 Å². The average Bonchev–Trinajstić information content (AvgIpc) is 2.90. The first kappa shape index (κ1) is 12.1. The van der Waals surface area contributed by atoms with Crippen molar-refractivity contribution in [2.45, 2.75) is 37.0 Å². The third-order valence-electron chi connectivity index (χ3n) is 4.72. The van der Waals surface area contributed by atoms with Gasteiger partial charge >= 0.3 is 0 Å². The Bertz CT molecular complexity index is 525. The summed E-state index contributed by atoms with van der Waals surface area (Å²) in [5, 5.41) is 7.72. The molecule has 0 radical (unpaired) electrons. The molecular formula is C18H20N2. The average molecular weight is 264 g/mol. The maximum absolute atomic E-state index is 3.86. The number of hydrogen-bond acceptors (Lipinski definition) is 2. The van der Waals surface area contributed by atoms with E-state index in [1.807, 2.05) is 0 Å². The summed E-state index contributed by atoms with van der Waals surface area (Å²) in [6.45, 7) is 0. The molecule has 1 saturated heterocycles. The molecular weight excluding hydrogens is 244 g/mol. The fourth-order valence-electron chi connectivity index (χ4n) is 3.49. The second-order valence-electron chi connectivity index (χ2n) is 6.00. The Kier molecular flexibility index (Phi) is 2.86. The van der Waals surface area contributed by atoms with Crippen LogP contribution in [-0.4, -0.2) is 5.66 Å². The van der Waals surface area contributed by atoms with Crippen LogP contribution in [0.3, 0.4) is 0 Å². The lowest BCUT2D eigenvalue weighted by Crippen LogP contribution is -2.54. The molecule has 1 aliphatic carbocycles. The van der Waals surface area contributed by atoms with Crippen LogP contribution in [0.25, 0.3) is 0 Å². The molecule has 0 aromatic heterocycles. The highest BCUT2D eigenvalue weighted by atomic mass is 15.3. The van der Waals surface area contributed by atoms with Gasteiger partial charge in [0, 0.05) is 0 Å². The van der Waals surface area contributed by atoms with Crippen LogP contribution >= 0.6 is 0 Å². The standard InChI is InChI=1S/C18H20N2/c1-3-8-14(9-4-1)16-17(15-10-5-2-6-11-15)20-18(19-16)12-7-13-18/h1-6,8-11,16-17,19-20H,7,12-13H2/t16-,17-/m0/s1. The van der Waals surface area contributed by atoms with Crippen LogP contribution in [-0.2, 0) is 0 Å². The molecule has 1 heterocycles. The van der Waals surface area contributed by atoms with Gasteiger partial charge in [-0.1, -0.05) is 60.7 Å². The van der Waals surface area contributed by atoms with Crippen molar-refractivity contribution in [1.82, 2.24) is 10.6 Å². The third-order valence-corrected chi connectivity index (χ3v) is 4.72. The zero-order chi connectivity index (χ0) is 13.4. The monoisotopic (exact) mass is 264 g/mol. The first-order valence-electron chi connectivity index (χ1n) is 7.52. The van der Waals surface area contributed by atoms with E-state index >= 15 is 0 Å². The molecule has 1 spiro atoms. The van der Waals surface area contributed by atoms with Gasteiger partial charge in [0.05, 0.1) is 17.7 Å². The van der Waals surface area contributed by atoms with E-state index in [1.54, 1.807) is 0 Å². The van der Waals surface area contributed by atoms with Crippen molar-refractivity contribution in [3.8, 4) is 0 Å². The second kappa shape index (κ2) is 4.72. The van der Waals surface area contributed by atoms with Crippen LogP contribution in [0.1, 0.15) is 42.5 Å². The van der Waals surface area contributed by atoms with Crippen molar-refractivity contribution >= 4 is 0 Å². The first-order chi connectivity index (χ1) is 9.86. The predicted molar refractivity (Wildman–Crippen MR) is 81.2 cm³/mol. The molecule has 2 aromatic rings. The van der Waals surface area contributed by atoms with E-state index in [1.165, 1.54) is 30.4 Å². The Balaban J connectivity index is 1.71. The van der Waals surface area contributed by atoms with Crippen LogP contribution in [0.15, 0.2) is 60.7 Å². The zero-order valence-corrected chi connectivity index (χ0v) is 11.5. The summed E-state index contributed by atoms with van der Waals surface area (Å²) in [4.78, 5) is 0. The van der Waals surface area contributed by atoms with Crippen molar-refractivity contribution in [2.75, 3.05) is 0 Å². The zero-order valence-electron chi connectivity index (χ0n) is 11.5. The van der Waals surface area contributed by atoms with Gasteiger partial charge in [-0.25, -0.2) is 0 Å². The topological polar surface area (TPSA) is 24.1 Å². The minimum absolute atomic E-state index is 0.168. The molecule has 20 heavy (non-hydrogen) atoms. The number of benzene rings is 2. The molecule has 2 atom stereocenters. The quantitative estimate of drug-likeness (QED) is 0.867. The highest BCUT2D eigenvalue weighted by Gasteiger charge is 2.48. The van der Waals surface area contributed by atoms with E-state index in [9.17, 15) is 0 Å². The first-order valence-corrected chi connectivity index (χ1v) is 7.52. The summed E-state index contributed by atoms with van der Waals surface area (Å²) in [6, 6.07) is 22.3. The maximum Gasteiger partial charge on any atom is 0.0698 e. The molecule has 102 valence electrons. The van der Waals surface area contributed by atoms with Gasteiger partial charge < -0.3 is 0 Å². The van der Waals surface area contributed by atoms with E-state index < -0.39 is 0 Å². The van der Waals surface area contributed by atoms with Crippen molar-refractivity contribution < 1.29 is 0 Å². The molecule has 2 aliphatic rings. The Morgan fingerprint density at radius 1 is 0.700 bits per heavy atom. The molecule has 1 aliphatic heterocycles. The summed E-state index contributed by atoms with van der Waals surface area (Å²) < 4.78 is 0. The van der Waals surface area contributed by atoms with E-state index in [0.717, 1.165) is 0 Å². The van der Waals surface area contributed by atoms with Gasteiger partial charge in [0.2, 0.25) is 0 Å². The molecule has 0 amide bonds. The molecule has 0 unspecified atom stereocenters. The molecule has 1 saturated carbocycles. The Morgan fingerprint density at radius 2 is 1.15 bits per heavy atom. The van der Waals surface area contributed by atoms with Crippen molar-refractivity contribution in [3.63, 3.8) is 0 Å². The van der Waals surface area contributed by atoms with Crippen LogP contribution < -0.4 is 10.6 Å². The maximum atomic E-state index is 3.86.